The summed E-state index contributed by atoms with van der Waals surface area (Å²) < 4.78 is 5.45. The fourth-order valence-electron chi connectivity index (χ4n) is 1.10. The van der Waals surface area contributed by atoms with Crippen molar-refractivity contribution in [3.05, 3.63) is 42.1 Å². The topological polar surface area (TPSA) is 47.9 Å². The first-order valence-corrected chi connectivity index (χ1v) is 5.29. The largest absolute Gasteiger partial charge is 0.436 e. The number of alkyl halides is 1. The molecule has 0 spiro atoms. The molecule has 0 aliphatic heterocycles. The monoisotopic (exact) mass is 235 g/mol. The van der Waals surface area contributed by atoms with Crippen molar-refractivity contribution in [2.45, 2.75) is 12.8 Å². The minimum atomic E-state index is 0.347. The molecule has 0 aliphatic rings. The maximum atomic E-state index is 5.60. The van der Waals surface area contributed by atoms with Gasteiger partial charge in [0.05, 0.1) is 30.2 Å². The number of aromatic nitrogens is 3. The van der Waals surface area contributed by atoms with Crippen molar-refractivity contribution in [2.75, 3.05) is 0 Å². The average Bonchev–Trinajstić information content (AvgIpc) is 2.33. The molecule has 82 valence electrons. The number of pyridine rings is 1. The van der Waals surface area contributed by atoms with Crippen LogP contribution in [0.2, 0.25) is 0 Å². The van der Waals surface area contributed by atoms with Crippen molar-refractivity contribution >= 4 is 11.6 Å². The molecule has 0 atom stereocenters. The third kappa shape index (κ3) is 2.67. The van der Waals surface area contributed by atoms with Crippen LogP contribution in [0.1, 0.15) is 11.4 Å². The highest BCUT2D eigenvalue weighted by Gasteiger charge is 2.00. The molecule has 0 saturated carbocycles. The van der Waals surface area contributed by atoms with Crippen molar-refractivity contribution < 1.29 is 4.74 Å². The minimum absolute atomic E-state index is 0.347. The summed E-state index contributed by atoms with van der Waals surface area (Å²) in [6.45, 7) is 1.92. The Balaban J connectivity index is 2.11. The maximum absolute atomic E-state index is 5.60. The van der Waals surface area contributed by atoms with Crippen LogP contribution < -0.4 is 4.74 Å². The fraction of sp³-hybridized carbons (Fsp3) is 0.182. The second-order valence-electron chi connectivity index (χ2n) is 3.22. The third-order valence-electron chi connectivity index (χ3n) is 1.93. The van der Waals surface area contributed by atoms with E-state index in [1.807, 2.05) is 19.1 Å². The number of aryl methyl sites for hydroxylation is 1. The van der Waals surface area contributed by atoms with E-state index in [2.05, 4.69) is 15.0 Å². The Kier molecular flexibility index (Phi) is 3.31. The number of hydrogen-bond acceptors (Lipinski definition) is 4. The van der Waals surface area contributed by atoms with Gasteiger partial charge < -0.3 is 4.74 Å². The first-order valence-electron chi connectivity index (χ1n) is 4.75. The third-order valence-corrected chi connectivity index (χ3v) is 2.20. The first-order chi connectivity index (χ1) is 7.78. The summed E-state index contributed by atoms with van der Waals surface area (Å²) in [5, 5.41) is 0. The molecule has 2 rings (SSSR count). The lowest BCUT2D eigenvalue weighted by atomic mass is 10.4. The summed E-state index contributed by atoms with van der Waals surface area (Å²) in [6, 6.07) is 3.70. The number of halogens is 1. The molecule has 2 aromatic heterocycles. The van der Waals surface area contributed by atoms with E-state index < -0.39 is 0 Å². The van der Waals surface area contributed by atoms with Crippen LogP contribution in [0.4, 0.5) is 0 Å². The quantitative estimate of drug-likeness (QED) is 0.768. The molecule has 0 aromatic carbocycles. The minimum Gasteiger partial charge on any atom is -0.436 e. The predicted octanol–water partition coefficient (Wildman–Crippen LogP) is 2.71. The summed E-state index contributed by atoms with van der Waals surface area (Å²) in [5.41, 5.74) is 1.66. The number of ether oxygens (including phenoxy) is 1. The van der Waals surface area contributed by atoms with Gasteiger partial charge in [-0.15, -0.1) is 11.6 Å². The molecule has 4 nitrogen and oxygen atoms in total. The molecule has 0 fully saturated rings. The van der Waals surface area contributed by atoms with E-state index in [0.717, 1.165) is 11.4 Å². The zero-order chi connectivity index (χ0) is 11.4. The van der Waals surface area contributed by atoms with Crippen LogP contribution >= 0.6 is 11.6 Å². The zero-order valence-electron chi connectivity index (χ0n) is 8.72. The van der Waals surface area contributed by atoms with Crippen molar-refractivity contribution in [1.29, 1.82) is 0 Å². The number of hydrogen-bond donors (Lipinski definition) is 0. The van der Waals surface area contributed by atoms with Gasteiger partial charge in [0, 0.05) is 5.69 Å². The second-order valence-corrected chi connectivity index (χ2v) is 3.48. The standard InChI is InChI=1S/C11H10ClN3O/c1-8-2-3-10(6-13-8)16-11-7-14-9(4-12)5-15-11/h2-3,5-7H,4H2,1H3. The van der Waals surface area contributed by atoms with Crippen LogP contribution in [-0.2, 0) is 5.88 Å². The Hall–Kier alpha value is -1.68. The van der Waals surface area contributed by atoms with Gasteiger partial charge in [-0.2, -0.15) is 0 Å². The van der Waals surface area contributed by atoms with E-state index in [-0.39, 0.29) is 0 Å². The fourth-order valence-corrected chi connectivity index (χ4v) is 1.24. The summed E-state index contributed by atoms with van der Waals surface area (Å²) in [7, 11) is 0. The Bertz CT molecular complexity index is 456. The van der Waals surface area contributed by atoms with Gasteiger partial charge in [-0.3, -0.25) is 9.97 Å². The molecule has 2 heterocycles. The molecule has 2 aromatic rings. The predicted molar refractivity (Wildman–Crippen MR) is 60.6 cm³/mol. The average molecular weight is 236 g/mol. The molecule has 0 bridgehead atoms. The highest BCUT2D eigenvalue weighted by Crippen LogP contribution is 2.17. The molecule has 0 N–H and O–H groups in total. The van der Waals surface area contributed by atoms with Crippen LogP contribution in [0.3, 0.4) is 0 Å². The Morgan fingerprint density at radius 2 is 2.00 bits per heavy atom. The normalized spacial score (nSPS) is 10.1. The highest BCUT2D eigenvalue weighted by atomic mass is 35.5. The van der Waals surface area contributed by atoms with E-state index in [4.69, 9.17) is 16.3 Å². The Morgan fingerprint density at radius 3 is 2.56 bits per heavy atom. The van der Waals surface area contributed by atoms with Crippen LogP contribution in [0, 0.1) is 6.92 Å². The van der Waals surface area contributed by atoms with Crippen molar-refractivity contribution in [2.24, 2.45) is 0 Å². The lowest BCUT2D eigenvalue weighted by molar-refractivity contribution is 0.457. The van der Waals surface area contributed by atoms with E-state index in [1.165, 1.54) is 6.20 Å². The molecule has 0 radical (unpaired) electrons. The summed E-state index contributed by atoms with van der Waals surface area (Å²) in [4.78, 5) is 12.3. The lowest BCUT2D eigenvalue weighted by Crippen LogP contribution is -1.92. The lowest BCUT2D eigenvalue weighted by Gasteiger charge is -2.03. The van der Waals surface area contributed by atoms with E-state index in [9.17, 15) is 0 Å². The molecule has 5 heteroatoms. The second kappa shape index (κ2) is 4.90. The van der Waals surface area contributed by atoms with E-state index >= 15 is 0 Å². The summed E-state index contributed by atoms with van der Waals surface area (Å²) in [5.74, 6) is 1.41. The molecular weight excluding hydrogens is 226 g/mol. The molecule has 16 heavy (non-hydrogen) atoms. The van der Waals surface area contributed by atoms with Gasteiger partial charge in [0.2, 0.25) is 5.88 Å². The number of nitrogens with zero attached hydrogens (tertiary/aromatic N) is 3. The van der Waals surface area contributed by atoms with Crippen LogP contribution in [0.15, 0.2) is 30.7 Å². The first kappa shape index (κ1) is 10.8. The SMILES string of the molecule is Cc1ccc(Oc2cnc(CCl)cn2)cn1. The molecule has 0 saturated heterocycles. The van der Waals surface area contributed by atoms with E-state index in [0.29, 0.717) is 17.5 Å². The van der Waals surface area contributed by atoms with Crippen LogP contribution in [0.5, 0.6) is 11.6 Å². The molecule has 0 amide bonds. The number of rotatable bonds is 3. The molecule has 0 unspecified atom stereocenters. The van der Waals surface area contributed by atoms with Crippen LogP contribution in [-0.4, -0.2) is 15.0 Å². The van der Waals surface area contributed by atoms with Gasteiger partial charge in [-0.25, -0.2) is 4.98 Å². The summed E-state index contributed by atoms with van der Waals surface area (Å²) >= 11 is 5.60. The van der Waals surface area contributed by atoms with Crippen molar-refractivity contribution in [3.8, 4) is 11.6 Å². The molecular formula is C11H10ClN3O. The smallest absolute Gasteiger partial charge is 0.237 e. The van der Waals surface area contributed by atoms with Gasteiger partial charge in [0.1, 0.15) is 5.75 Å². The maximum Gasteiger partial charge on any atom is 0.237 e. The van der Waals surface area contributed by atoms with E-state index in [1.54, 1.807) is 12.4 Å². The van der Waals surface area contributed by atoms with Gasteiger partial charge in [-0.05, 0) is 19.1 Å². The van der Waals surface area contributed by atoms with Crippen molar-refractivity contribution in [1.82, 2.24) is 15.0 Å². The van der Waals surface area contributed by atoms with Gasteiger partial charge in [0.15, 0.2) is 0 Å². The molecule has 0 aliphatic carbocycles. The van der Waals surface area contributed by atoms with Crippen LogP contribution in [0.25, 0.3) is 0 Å². The highest BCUT2D eigenvalue weighted by molar-refractivity contribution is 6.16. The van der Waals surface area contributed by atoms with Crippen molar-refractivity contribution in [3.63, 3.8) is 0 Å². The Morgan fingerprint density at radius 1 is 1.12 bits per heavy atom. The summed E-state index contributed by atoms with van der Waals surface area (Å²) in [6.07, 6.45) is 4.77. The van der Waals surface area contributed by atoms with Gasteiger partial charge in [-0.1, -0.05) is 0 Å². The van der Waals surface area contributed by atoms with Gasteiger partial charge in [0.25, 0.3) is 0 Å². The Labute approximate surface area is 98.3 Å². The zero-order valence-corrected chi connectivity index (χ0v) is 9.48. The van der Waals surface area contributed by atoms with Gasteiger partial charge >= 0.3 is 0 Å².